The van der Waals surface area contributed by atoms with Crippen molar-refractivity contribution in [1.82, 2.24) is 9.55 Å². The Hall–Kier alpha value is -1.03. The summed E-state index contributed by atoms with van der Waals surface area (Å²) in [7, 11) is 0. The molecule has 17 heavy (non-hydrogen) atoms. The van der Waals surface area contributed by atoms with Gasteiger partial charge in [0.15, 0.2) is 0 Å². The minimum Gasteiger partial charge on any atom is -0.373 e. The van der Waals surface area contributed by atoms with Crippen molar-refractivity contribution in [2.24, 2.45) is 5.92 Å². The van der Waals surface area contributed by atoms with Gasteiger partial charge in [-0.15, -0.1) is 0 Å². The van der Waals surface area contributed by atoms with Crippen LogP contribution >= 0.6 is 0 Å². The molecule has 2 rings (SSSR count). The minimum atomic E-state index is -0.0192. The van der Waals surface area contributed by atoms with Crippen LogP contribution in [0.15, 0.2) is 12.4 Å². The Morgan fingerprint density at radius 1 is 1.59 bits per heavy atom. The van der Waals surface area contributed by atoms with E-state index in [0.717, 1.165) is 32.1 Å². The zero-order valence-corrected chi connectivity index (χ0v) is 11.1. The normalized spacial score (nSPS) is 24.5. The molecular weight excluding hydrogens is 214 g/mol. The lowest BCUT2D eigenvalue weighted by Gasteiger charge is -2.24. The Bertz CT molecular complexity index is 353. The van der Waals surface area contributed by atoms with Crippen LogP contribution in [0.4, 0.5) is 5.95 Å². The number of imidazole rings is 1. The summed E-state index contributed by atoms with van der Waals surface area (Å²) in [5, 5.41) is 3.41. The van der Waals surface area contributed by atoms with Crippen molar-refractivity contribution in [3.8, 4) is 0 Å². The summed E-state index contributed by atoms with van der Waals surface area (Å²) in [6, 6.07) is 0. The lowest BCUT2D eigenvalue weighted by Crippen LogP contribution is -2.33. The van der Waals surface area contributed by atoms with Crippen LogP contribution in [0.5, 0.6) is 0 Å². The first-order valence-electron chi connectivity index (χ1n) is 6.48. The first kappa shape index (κ1) is 12.4. The summed E-state index contributed by atoms with van der Waals surface area (Å²) in [5.41, 5.74) is -0.0192. The zero-order chi connectivity index (χ0) is 12.3. The molecule has 4 heteroatoms. The van der Waals surface area contributed by atoms with Crippen LogP contribution in [-0.2, 0) is 11.3 Å². The summed E-state index contributed by atoms with van der Waals surface area (Å²) in [4.78, 5) is 4.36. The van der Waals surface area contributed by atoms with E-state index < -0.39 is 0 Å². The maximum atomic E-state index is 5.76. The third-order valence-electron chi connectivity index (χ3n) is 3.20. The number of hydrogen-bond donors (Lipinski definition) is 1. The van der Waals surface area contributed by atoms with E-state index in [1.807, 2.05) is 12.4 Å². The Morgan fingerprint density at radius 2 is 2.41 bits per heavy atom. The molecule has 1 aromatic heterocycles. The highest BCUT2D eigenvalue weighted by Gasteiger charge is 2.29. The van der Waals surface area contributed by atoms with Crippen molar-refractivity contribution < 1.29 is 4.74 Å². The van der Waals surface area contributed by atoms with Gasteiger partial charge >= 0.3 is 0 Å². The molecule has 0 amide bonds. The van der Waals surface area contributed by atoms with E-state index in [4.69, 9.17) is 4.74 Å². The van der Waals surface area contributed by atoms with Crippen molar-refractivity contribution in [3.05, 3.63) is 12.4 Å². The van der Waals surface area contributed by atoms with E-state index in [0.29, 0.717) is 5.92 Å². The van der Waals surface area contributed by atoms with Crippen molar-refractivity contribution in [2.75, 3.05) is 18.5 Å². The molecule has 0 aliphatic carbocycles. The molecule has 1 fully saturated rings. The van der Waals surface area contributed by atoms with Gasteiger partial charge in [-0.3, -0.25) is 0 Å². The number of nitrogens with zero attached hydrogens (tertiary/aromatic N) is 2. The average molecular weight is 237 g/mol. The molecule has 0 aromatic carbocycles. The fraction of sp³-hybridized carbons (Fsp3) is 0.769. The van der Waals surface area contributed by atoms with Gasteiger partial charge in [0.25, 0.3) is 0 Å². The molecule has 0 bridgehead atoms. The molecule has 1 unspecified atom stereocenters. The summed E-state index contributed by atoms with van der Waals surface area (Å²) in [5.74, 6) is 1.58. The summed E-state index contributed by atoms with van der Waals surface area (Å²) in [6.07, 6.45) is 6.17. The van der Waals surface area contributed by atoms with E-state index in [-0.39, 0.29) is 5.60 Å². The molecule has 96 valence electrons. The zero-order valence-electron chi connectivity index (χ0n) is 11.1. The monoisotopic (exact) mass is 237 g/mol. The van der Waals surface area contributed by atoms with Gasteiger partial charge in [0.2, 0.25) is 5.95 Å². The van der Waals surface area contributed by atoms with Gasteiger partial charge in [-0.2, -0.15) is 0 Å². The quantitative estimate of drug-likeness (QED) is 0.855. The van der Waals surface area contributed by atoms with Gasteiger partial charge in [0, 0.05) is 32.1 Å². The standard InChI is InChI=1S/C13H23N3O/c1-11(2)9-16-7-6-14-12(16)15-10-13(3)5-4-8-17-13/h6-7,11H,4-5,8-10H2,1-3H3,(H,14,15). The van der Waals surface area contributed by atoms with Gasteiger partial charge < -0.3 is 14.6 Å². The SMILES string of the molecule is CC(C)Cn1ccnc1NCC1(C)CCCO1. The number of nitrogens with one attached hydrogen (secondary N) is 1. The van der Waals surface area contributed by atoms with Crippen LogP contribution in [0.1, 0.15) is 33.6 Å². The lowest BCUT2D eigenvalue weighted by molar-refractivity contribution is 0.0313. The summed E-state index contributed by atoms with van der Waals surface area (Å²) in [6.45, 7) is 9.32. The van der Waals surface area contributed by atoms with Crippen LogP contribution in [-0.4, -0.2) is 28.3 Å². The second kappa shape index (κ2) is 5.08. The van der Waals surface area contributed by atoms with E-state index in [1.165, 1.54) is 6.42 Å². The lowest BCUT2D eigenvalue weighted by atomic mass is 10.0. The second-order valence-corrected chi connectivity index (χ2v) is 5.55. The van der Waals surface area contributed by atoms with E-state index in [1.54, 1.807) is 0 Å². The smallest absolute Gasteiger partial charge is 0.202 e. The number of aromatic nitrogens is 2. The topological polar surface area (TPSA) is 39.1 Å². The largest absolute Gasteiger partial charge is 0.373 e. The maximum absolute atomic E-state index is 5.76. The third kappa shape index (κ3) is 3.22. The predicted octanol–water partition coefficient (Wildman–Crippen LogP) is 2.52. The van der Waals surface area contributed by atoms with E-state index >= 15 is 0 Å². The molecule has 1 atom stereocenters. The Morgan fingerprint density at radius 3 is 3.06 bits per heavy atom. The number of rotatable bonds is 5. The van der Waals surface area contributed by atoms with Gasteiger partial charge in [0.1, 0.15) is 0 Å². The molecule has 0 saturated carbocycles. The Labute approximate surface area is 103 Å². The molecule has 1 aliphatic heterocycles. The number of anilines is 1. The van der Waals surface area contributed by atoms with Crippen molar-refractivity contribution >= 4 is 5.95 Å². The second-order valence-electron chi connectivity index (χ2n) is 5.55. The molecule has 1 aromatic rings. The highest BCUT2D eigenvalue weighted by Crippen LogP contribution is 2.25. The van der Waals surface area contributed by atoms with Crippen molar-refractivity contribution in [1.29, 1.82) is 0 Å². The summed E-state index contributed by atoms with van der Waals surface area (Å²) >= 11 is 0. The average Bonchev–Trinajstić information content (AvgIpc) is 2.85. The van der Waals surface area contributed by atoms with Crippen LogP contribution in [0.3, 0.4) is 0 Å². The van der Waals surface area contributed by atoms with Crippen LogP contribution in [0, 0.1) is 5.92 Å². The van der Waals surface area contributed by atoms with Crippen molar-refractivity contribution in [2.45, 2.75) is 45.8 Å². The van der Waals surface area contributed by atoms with Gasteiger partial charge in [-0.1, -0.05) is 13.8 Å². The van der Waals surface area contributed by atoms with Crippen LogP contribution < -0.4 is 5.32 Å². The summed E-state index contributed by atoms with van der Waals surface area (Å²) < 4.78 is 7.93. The first-order chi connectivity index (χ1) is 8.09. The third-order valence-corrected chi connectivity index (χ3v) is 3.20. The minimum absolute atomic E-state index is 0.0192. The molecule has 1 aliphatic rings. The van der Waals surface area contributed by atoms with E-state index in [2.05, 4.69) is 35.6 Å². The van der Waals surface area contributed by atoms with Crippen LogP contribution in [0.2, 0.25) is 0 Å². The molecule has 1 saturated heterocycles. The van der Waals surface area contributed by atoms with Gasteiger partial charge in [0.05, 0.1) is 5.60 Å². The fourth-order valence-electron chi connectivity index (χ4n) is 2.26. The fourth-order valence-corrected chi connectivity index (χ4v) is 2.26. The Balaban J connectivity index is 1.92. The van der Waals surface area contributed by atoms with Gasteiger partial charge in [-0.05, 0) is 25.7 Å². The molecule has 0 radical (unpaired) electrons. The van der Waals surface area contributed by atoms with Gasteiger partial charge in [-0.25, -0.2) is 4.98 Å². The van der Waals surface area contributed by atoms with Crippen molar-refractivity contribution in [3.63, 3.8) is 0 Å². The molecule has 0 spiro atoms. The predicted molar refractivity (Wildman–Crippen MR) is 69.1 cm³/mol. The number of ether oxygens (including phenoxy) is 1. The molecule has 4 nitrogen and oxygen atoms in total. The highest BCUT2D eigenvalue weighted by atomic mass is 16.5. The molecule has 1 N–H and O–H groups in total. The van der Waals surface area contributed by atoms with E-state index in [9.17, 15) is 0 Å². The highest BCUT2D eigenvalue weighted by molar-refractivity contribution is 5.26. The van der Waals surface area contributed by atoms with Crippen LogP contribution in [0.25, 0.3) is 0 Å². The number of hydrogen-bond acceptors (Lipinski definition) is 3. The molecular formula is C13H23N3O. The molecule has 2 heterocycles. The first-order valence-corrected chi connectivity index (χ1v) is 6.48. The Kier molecular flexibility index (Phi) is 3.72. The maximum Gasteiger partial charge on any atom is 0.202 e.